The van der Waals surface area contributed by atoms with E-state index in [1.54, 1.807) is 24.1 Å². The lowest BCUT2D eigenvalue weighted by molar-refractivity contribution is -0.117. The van der Waals surface area contributed by atoms with Crippen LogP contribution < -0.4 is 4.90 Å². The number of ketones is 1. The lowest BCUT2D eigenvalue weighted by atomic mass is 9.91. The quantitative estimate of drug-likeness (QED) is 0.801. The number of hydrogen-bond acceptors (Lipinski definition) is 3. The van der Waals surface area contributed by atoms with E-state index in [0.29, 0.717) is 11.4 Å². The second kappa shape index (κ2) is 5.45. The van der Waals surface area contributed by atoms with Crippen molar-refractivity contribution < 1.29 is 9.59 Å². The molecule has 0 N–H and O–H groups in total. The Hall–Kier alpha value is -1.94. The molecule has 21 heavy (non-hydrogen) atoms. The van der Waals surface area contributed by atoms with Crippen molar-refractivity contribution in [1.29, 1.82) is 0 Å². The second-order valence-corrected chi connectivity index (χ2v) is 5.70. The SMILES string of the molecule is CN1C(=O)CN=C(C2=CC(=O)CCC2)c2cc(Cl)ccc21. The number of anilines is 1. The van der Waals surface area contributed by atoms with Crippen molar-refractivity contribution in [2.75, 3.05) is 18.5 Å². The molecule has 3 rings (SSSR count). The second-order valence-electron chi connectivity index (χ2n) is 5.27. The third kappa shape index (κ3) is 2.63. The molecule has 0 fully saturated rings. The summed E-state index contributed by atoms with van der Waals surface area (Å²) in [5.74, 6) is 0.0442. The Morgan fingerprint density at radius 3 is 2.81 bits per heavy atom. The fourth-order valence-corrected chi connectivity index (χ4v) is 2.89. The molecule has 0 unspecified atom stereocenters. The zero-order valence-corrected chi connectivity index (χ0v) is 12.5. The minimum absolute atomic E-state index is 0.0729. The number of nitrogens with zero attached hydrogens (tertiary/aromatic N) is 2. The number of benzodiazepines with no additional fused rings is 1. The summed E-state index contributed by atoms with van der Waals surface area (Å²) < 4.78 is 0. The molecule has 1 amide bonds. The van der Waals surface area contributed by atoms with Crippen LogP contribution in [0.4, 0.5) is 5.69 Å². The molecule has 0 saturated carbocycles. The topological polar surface area (TPSA) is 49.7 Å². The first-order valence-electron chi connectivity index (χ1n) is 6.91. The summed E-state index contributed by atoms with van der Waals surface area (Å²) in [7, 11) is 1.73. The highest BCUT2D eigenvalue weighted by atomic mass is 35.5. The van der Waals surface area contributed by atoms with Crippen LogP contribution in [0.15, 0.2) is 34.8 Å². The van der Waals surface area contributed by atoms with Crippen molar-refractivity contribution in [3.8, 4) is 0 Å². The molecule has 0 atom stereocenters. The molecule has 0 radical (unpaired) electrons. The summed E-state index contributed by atoms with van der Waals surface area (Å²) in [6.45, 7) is 0.0870. The number of rotatable bonds is 1. The van der Waals surface area contributed by atoms with E-state index in [1.165, 1.54) is 0 Å². The van der Waals surface area contributed by atoms with Gasteiger partial charge in [-0.25, -0.2) is 0 Å². The van der Waals surface area contributed by atoms with Crippen molar-refractivity contribution in [2.24, 2.45) is 4.99 Å². The Labute approximate surface area is 128 Å². The van der Waals surface area contributed by atoms with Gasteiger partial charge in [-0.2, -0.15) is 0 Å². The van der Waals surface area contributed by atoms with Crippen molar-refractivity contribution in [2.45, 2.75) is 19.3 Å². The lowest BCUT2D eigenvalue weighted by Crippen LogP contribution is -2.27. The molecule has 1 aliphatic heterocycles. The van der Waals surface area contributed by atoms with Crippen LogP contribution in [0.2, 0.25) is 5.02 Å². The van der Waals surface area contributed by atoms with Gasteiger partial charge >= 0.3 is 0 Å². The molecule has 0 bridgehead atoms. The first-order valence-corrected chi connectivity index (χ1v) is 7.29. The van der Waals surface area contributed by atoms with Crippen LogP contribution in [0.5, 0.6) is 0 Å². The van der Waals surface area contributed by atoms with Crippen LogP contribution >= 0.6 is 11.6 Å². The molecule has 0 aromatic heterocycles. The number of aliphatic imine (C=N–C) groups is 1. The summed E-state index contributed by atoms with van der Waals surface area (Å²) in [5.41, 5.74) is 3.22. The van der Waals surface area contributed by atoms with Crippen LogP contribution in [0.3, 0.4) is 0 Å². The smallest absolute Gasteiger partial charge is 0.248 e. The van der Waals surface area contributed by atoms with Gasteiger partial charge in [0.05, 0.1) is 11.4 Å². The first-order chi connectivity index (χ1) is 10.1. The molecule has 108 valence electrons. The van der Waals surface area contributed by atoms with Gasteiger partial charge in [0.1, 0.15) is 6.54 Å². The van der Waals surface area contributed by atoms with E-state index in [0.717, 1.165) is 35.4 Å². The summed E-state index contributed by atoms with van der Waals surface area (Å²) in [5, 5.41) is 0.590. The van der Waals surface area contributed by atoms with E-state index in [1.807, 2.05) is 12.1 Å². The predicted octanol–water partition coefficient (Wildman–Crippen LogP) is 2.78. The van der Waals surface area contributed by atoms with Crippen molar-refractivity contribution in [3.63, 3.8) is 0 Å². The van der Waals surface area contributed by atoms with E-state index < -0.39 is 0 Å². The average Bonchev–Trinajstić information content (AvgIpc) is 2.57. The maximum Gasteiger partial charge on any atom is 0.248 e. The van der Waals surface area contributed by atoms with E-state index >= 15 is 0 Å². The van der Waals surface area contributed by atoms with Crippen LogP contribution in [0.1, 0.15) is 24.8 Å². The molecule has 1 aromatic rings. The molecular weight excluding hydrogens is 288 g/mol. The molecule has 1 aromatic carbocycles. The zero-order valence-electron chi connectivity index (χ0n) is 11.7. The lowest BCUT2D eigenvalue weighted by Gasteiger charge is -2.19. The number of halogens is 1. The third-order valence-corrected chi connectivity index (χ3v) is 4.07. The van der Waals surface area contributed by atoms with E-state index in [2.05, 4.69) is 4.99 Å². The third-order valence-electron chi connectivity index (χ3n) is 3.83. The minimum atomic E-state index is -0.0729. The molecule has 0 saturated heterocycles. The normalized spacial score (nSPS) is 18.9. The van der Waals surface area contributed by atoms with Gasteiger partial charge in [-0.05, 0) is 42.7 Å². The van der Waals surface area contributed by atoms with Crippen LogP contribution in [0.25, 0.3) is 0 Å². The Balaban J connectivity index is 2.16. The maximum atomic E-state index is 12.1. The number of amides is 1. The first kappa shape index (κ1) is 14.0. The van der Waals surface area contributed by atoms with Gasteiger partial charge in [0.2, 0.25) is 5.91 Å². The predicted molar refractivity (Wildman–Crippen MR) is 83.2 cm³/mol. The minimum Gasteiger partial charge on any atom is -0.313 e. The van der Waals surface area contributed by atoms with Crippen LogP contribution in [-0.4, -0.2) is 31.0 Å². The summed E-state index contributed by atoms with van der Waals surface area (Å²) >= 11 is 6.10. The van der Waals surface area contributed by atoms with Crippen LogP contribution in [0, 0.1) is 0 Å². The molecule has 4 nitrogen and oxygen atoms in total. The van der Waals surface area contributed by atoms with E-state index in [-0.39, 0.29) is 18.2 Å². The van der Waals surface area contributed by atoms with Crippen molar-refractivity contribution in [3.05, 3.63) is 40.4 Å². The van der Waals surface area contributed by atoms with Gasteiger partial charge < -0.3 is 4.90 Å². The monoisotopic (exact) mass is 302 g/mol. The number of benzene rings is 1. The highest BCUT2D eigenvalue weighted by Gasteiger charge is 2.25. The summed E-state index contributed by atoms with van der Waals surface area (Å²) in [4.78, 5) is 29.8. The van der Waals surface area contributed by atoms with Gasteiger partial charge in [-0.3, -0.25) is 14.6 Å². The molecule has 1 heterocycles. The standard InChI is InChI=1S/C16H15ClN2O2/c1-19-14-6-5-11(17)8-13(14)16(18-9-15(19)21)10-3-2-4-12(20)7-10/h5-8H,2-4,9H2,1H3. The molecule has 1 aliphatic carbocycles. The van der Waals surface area contributed by atoms with Gasteiger partial charge in [-0.15, -0.1) is 0 Å². The van der Waals surface area contributed by atoms with Crippen molar-refractivity contribution in [1.82, 2.24) is 0 Å². The Morgan fingerprint density at radius 1 is 1.24 bits per heavy atom. The molecular formula is C16H15ClN2O2. The number of fused-ring (bicyclic) bond motifs is 1. The summed E-state index contributed by atoms with van der Waals surface area (Å²) in [6, 6.07) is 5.39. The number of carbonyl (C=O) groups is 2. The number of hydrogen-bond donors (Lipinski definition) is 0. The van der Waals surface area contributed by atoms with Crippen LogP contribution in [-0.2, 0) is 9.59 Å². The Bertz CT molecular complexity index is 692. The zero-order chi connectivity index (χ0) is 15.0. The fraction of sp³-hybridized carbons (Fsp3) is 0.312. The number of allylic oxidation sites excluding steroid dienone is 2. The van der Waals surface area contributed by atoms with E-state index in [9.17, 15) is 9.59 Å². The maximum absolute atomic E-state index is 12.1. The van der Waals surface area contributed by atoms with Gasteiger partial charge in [0.25, 0.3) is 0 Å². The van der Waals surface area contributed by atoms with Crippen molar-refractivity contribution >= 4 is 34.7 Å². The van der Waals surface area contributed by atoms with E-state index in [4.69, 9.17) is 11.6 Å². The largest absolute Gasteiger partial charge is 0.313 e. The fourth-order valence-electron chi connectivity index (χ4n) is 2.72. The van der Waals surface area contributed by atoms with Gasteiger partial charge in [-0.1, -0.05) is 11.6 Å². The van der Waals surface area contributed by atoms with Gasteiger partial charge in [0.15, 0.2) is 5.78 Å². The van der Waals surface area contributed by atoms with Gasteiger partial charge in [0, 0.05) is 24.1 Å². The number of likely N-dealkylation sites (N-methyl/N-ethyl adjacent to an activating group) is 1. The highest BCUT2D eigenvalue weighted by molar-refractivity contribution is 6.32. The summed E-state index contributed by atoms with van der Waals surface area (Å²) in [6.07, 6.45) is 3.86. The molecule has 2 aliphatic rings. The molecule has 0 spiro atoms. The highest BCUT2D eigenvalue weighted by Crippen LogP contribution is 2.31. The molecule has 5 heteroatoms. The number of carbonyl (C=O) groups excluding carboxylic acids is 2. The Kier molecular flexibility index (Phi) is 3.64. The Morgan fingerprint density at radius 2 is 2.05 bits per heavy atom. The average molecular weight is 303 g/mol.